The van der Waals surface area contributed by atoms with Crippen LogP contribution in [-0.2, 0) is 0 Å². The van der Waals surface area contributed by atoms with Gasteiger partial charge in [0.2, 0.25) is 0 Å². The van der Waals surface area contributed by atoms with Crippen molar-refractivity contribution < 1.29 is 4.79 Å². The molecule has 1 fully saturated rings. The number of rotatable bonds is 3. The van der Waals surface area contributed by atoms with Crippen molar-refractivity contribution in [3.05, 3.63) is 48.3 Å². The standard InChI is InChI=1S/C17H22N4O/c1-13(18)15-6-3-9-20(12-15)17(22)14-5-2-7-16(11-14)21-10-4-8-19-21/h2,4-5,7-8,10-11,13,15H,3,6,9,12,18H2,1H3/t13-,15+/m0/s1. The van der Waals surface area contributed by atoms with Gasteiger partial charge in [-0.1, -0.05) is 6.07 Å². The summed E-state index contributed by atoms with van der Waals surface area (Å²) in [7, 11) is 0. The molecule has 5 heteroatoms. The molecule has 2 N–H and O–H groups in total. The molecule has 0 radical (unpaired) electrons. The van der Waals surface area contributed by atoms with E-state index in [-0.39, 0.29) is 11.9 Å². The van der Waals surface area contributed by atoms with Crippen LogP contribution in [-0.4, -0.2) is 39.7 Å². The Labute approximate surface area is 130 Å². The van der Waals surface area contributed by atoms with Gasteiger partial charge in [-0.25, -0.2) is 4.68 Å². The van der Waals surface area contributed by atoms with E-state index in [1.807, 2.05) is 48.4 Å². The number of carbonyl (C=O) groups is 1. The van der Waals surface area contributed by atoms with Crippen molar-refractivity contribution in [3.63, 3.8) is 0 Å². The molecule has 2 aromatic rings. The van der Waals surface area contributed by atoms with E-state index in [1.54, 1.807) is 10.9 Å². The summed E-state index contributed by atoms with van der Waals surface area (Å²) in [5.74, 6) is 0.478. The molecule has 0 spiro atoms. The third-order valence-electron chi connectivity index (χ3n) is 4.35. The van der Waals surface area contributed by atoms with Crippen LogP contribution in [0.25, 0.3) is 5.69 Å². The van der Waals surface area contributed by atoms with Crippen molar-refractivity contribution in [1.82, 2.24) is 14.7 Å². The maximum atomic E-state index is 12.7. The molecule has 1 aromatic carbocycles. The minimum absolute atomic E-state index is 0.0827. The second-order valence-electron chi connectivity index (χ2n) is 6.01. The summed E-state index contributed by atoms with van der Waals surface area (Å²) in [6, 6.07) is 9.61. The second-order valence-corrected chi connectivity index (χ2v) is 6.01. The zero-order chi connectivity index (χ0) is 15.5. The fourth-order valence-corrected chi connectivity index (χ4v) is 3.01. The van der Waals surface area contributed by atoms with Crippen molar-refractivity contribution in [2.75, 3.05) is 13.1 Å². The Hall–Kier alpha value is -2.14. The molecule has 1 aliphatic heterocycles. The molecule has 1 aromatic heterocycles. The van der Waals surface area contributed by atoms with Crippen molar-refractivity contribution >= 4 is 5.91 Å². The lowest BCUT2D eigenvalue weighted by Crippen LogP contribution is -2.45. The van der Waals surface area contributed by atoms with Crippen LogP contribution in [0.3, 0.4) is 0 Å². The van der Waals surface area contributed by atoms with Gasteiger partial charge in [0.05, 0.1) is 5.69 Å². The van der Waals surface area contributed by atoms with E-state index in [9.17, 15) is 4.79 Å². The first-order valence-electron chi connectivity index (χ1n) is 7.80. The molecule has 0 bridgehead atoms. The number of nitrogens with two attached hydrogens (primary N) is 1. The van der Waals surface area contributed by atoms with Crippen molar-refractivity contribution in [1.29, 1.82) is 0 Å². The van der Waals surface area contributed by atoms with Crippen molar-refractivity contribution in [2.45, 2.75) is 25.8 Å². The van der Waals surface area contributed by atoms with Crippen LogP contribution in [0.2, 0.25) is 0 Å². The molecule has 3 rings (SSSR count). The smallest absolute Gasteiger partial charge is 0.253 e. The van der Waals surface area contributed by atoms with E-state index < -0.39 is 0 Å². The highest BCUT2D eigenvalue weighted by atomic mass is 16.2. The number of amides is 1. The van der Waals surface area contributed by atoms with Crippen molar-refractivity contribution in [2.24, 2.45) is 11.7 Å². The molecule has 0 aliphatic carbocycles. The molecule has 2 heterocycles. The zero-order valence-corrected chi connectivity index (χ0v) is 12.9. The predicted molar refractivity (Wildman–Crippen MR) is 85.8 cm³/mol. The van der Waals surface area contributed by atoms with Crippen molar-refractivity contribution in [3.8, 4) is 5.69 Å². The molecule has 1 saturated heterocycles. The van der Waals surface area contributed by atoms with Gasteiger partial charge in [0.1, 0.15) is 0 Å². The van der Waals surface area contributed by atoms with Crippen LogP contribution < -0.4 is 5.73 Å². The molecule has 1 aliphatic rings. The van der Waals surface area contributed by atoms with Crippen LogP contribution >= 0.6 is 0 Å². The molecular weight excluding hydrogens is 276 g/mol. The Morgan fingerprint density at radius 1 is 1.41 bits per heavy atom. The number of hydrogen-bond donors (Lipinski definition) is 1. The van der Waals surface area contributed by atoms with Gasteiger partial charge in [-0.05, 0) is 49.9 Å². The monoisotopic (exact) mass is 298 g/mol. The Kier molecular flexibility index (Phi) is 4.24. The maximum Gasteiger partial charge on any atom is 0.253 e. The van der Waals surface area contributed by atoms with Crippen LogP contribution in [0.15, 0.2) is 42.7 Å². The lowest BCUT2D eigenvalue weighted by Gasteiger charge is -2.34. The van der Waals surface area contributed by atoms with Gasteiger partial charge in [-0.3, -0.25) is 4.79 Å². The average molecular weight is 298 g/mol. The highest BCUT2D eigenvalue weighted by Gasteiger charge is 2.26. The summed E-state index contributed by atoms with van der Waals surface area (Å²) in [6.07, 6.45) is 5.73. The minimum Gasteiger partial charge on any atom is -0.338 e. The Morgan fingerprint density at radius 2 is 2.27 bits per heavy atom. The number of nitrogens with zero attached hydrogens (tertiary/aromatic N) is 3. The first-order valence-corrected chi connectivity index (χ1v) is 7.80. The van der Waals surface area contributed by atoms with Gasteiger partial charge in [-0.2, -0.15) is 5.10 Å². The molecule has 0 saturated carbocycles. The number of likely N-dealkylation sites (tertiary alicyclic amines) is 1. The molecule has 22 heavy (non-hydrogen) atoms. The number of carbonyl (C=O) groups excluding carboxylic acids is 1. The summed E-state index contributed by atoms with van der Waals surface area (Å²) in [4.78, 5) is 14.7. The van der Waals surface area contributed by atoms with E-state index >= 15 is 0 Å². The Morgan fingerprint density at radius 3 is 3.00 bits per heavy atom. The first-order chi connectivity index (χ1) is 10.6. The number of piperidine rings is 1. The van der Waals surface area contributed by atoms with Gasteiger partial charge in [0.15, 0.2) is 0 Å². The van der Waals surface area contributed by atoms with Gasteiger partial charge < -0.3 is 10.6 Å². The summed E-state index contributed by atoms with van der Waals surface area (Å²) in [5.41, 5.74) is 7.61. The molecular formula is C17H22N4O. The number of benzene rings is 1. The largest absolute Gasteiger partial charge is 0.338 e. The number of hydrogen-bond acceptors (Lipinski definition) is 3. The lowest BCUT2D eigenvalue weighted by atomic mass is 9.92. The fraction of sp³-hybridized carbons (Fsp3) is 0.412. The van der Waals surface area contributed by atoms with Gasteiger partial charge in [0.25, 0.3) is 5.91 Å². The molecule has 0 unspecified atom stereocenters. The first kappa shape index (κ1) is 14.8. The lowest BCUT2D eigenvalue weighted by molar-refractivity contribution is 0.0661. The summed E-state index contributed by atoms with van der Waals surface area (Å²) in [6.45, 7) is 3.59. The highest BCUT2D eigenvalue weighted by Crippen LogP contribution is 2.21. The van der Waals surface area contributed by atoms with Gasteiger partial charge >= 0.3 is 0 Å². The van der Waals surface area contributed by atoms with E-state index in [2.05, 4.69) is 5.10 Å². The maximum absolute atomic E-state index is 12.7. The average Bonchev–Trinajstić information content (AvgIpc) is 3.09. The van der Waals surface area contributed by atoms with E-state index in [4.69, 9.17) is 5.73 Å². The number of aromatic nitrogens is 2. The minimum atomic E-state index is 0.0827. The normalized spacial score (nSPS) is 19.9. The van der Waals surface area contributed by atoms with E-state index in [0.717, 1.165) is 31.6 Å². The SMILES string of the molecule is C[C@H](N)[C@@H]1CCCN(C(=O)c2cccc(-n3cccn3)c2)C1. The van der Waals surface area contributed by atoms with Crippen LogP contribution in [0.1, 0.15) is 30.1 Å². The summed E-state index contributed by atoms with van der Waals surface area (Å²) < 4.78 is 1.76. The third-order valence-corrected chi connectivity index (χ3v) is 4.35. The summed E-state index contributed by atoms with van der Waals surface area (Å²) in [5, 5.41) is 4.21. The topological polar surface area (TPSA) is 64.2 Å². The Balaban J connectivity index is 1.79. The van der Waals surface area contributed by atoms with Crippen LogP contribution in [0.5, 0.6) is 0 Å². The van der Waals surface area contributed by atoms with E-state index in [1.165, 1.54) is 0 Å². The van der Waals surface area contributed by atoms with Gasteiger partial charge in [0, 0.05) is 37.1 Å². The second kappa shape index (κ2) is 6.32. The highest BCUT2D eigenvalue weighted by molar-refractivity contribution is 5.94. The molecule has 2 atom stereocenters. The summed E-state index contributed by atoms with van der Waals surface area (Å²) >= 11 is 0. The molecule has 5 nitrogen and oxygen atoms in total. The quantitative estimate of drug-likeness (QED) is 0.943. The van der Waals surface area contributed by atoms with E-state index in [0.29, 0.717) is 11.5 Å². The van der Waals surface area contributed by atoms with Crippen LogP contribution in [0.4, 0.5) is 0 Å². The fourth-order valence-electron chi connectivity index (χ4n) is 3.01. The van der Waals surface area contributed by atoms with Gasteiger partial charge in [-0.15, -0.1) is 0 Å². The third kappa shape index (κ3) is 3.04. The Bertz CT molecular complexity index is 636. The predicted octanol–water partition coefficient (Wildman–Crippen LogP) is 2.07. The molecule has 1 amide bonds. The zero-order valence-electron chi connectivity index (χ0n) is 12.9. The molecule has 116 valence electrons. The van der Waals surface area contributed by atoms with Crippen LogP contribution in [0, 0.1) is 5.92 Å².